The molecule has 0 aliphatic carbocycles. The Morgan fingerprint density at radius 1 is 1.21 bits per heavy atom. The quantitative estimate of drug-likeness (QED) is 0.634. The summed E-state index contributed by atoms with van der Waals surface area (Å²) >= 11 is 0. The number of aromatic hydroxyl groups is 2. The topological polar surface area (TPSA) is 89.8 Å². The predicted octanol–water partition coefficient (Wildman–Crippen LogP) is 2.25. The van der Waals surface area contributed by atoms with Crippen LogP contribution in [0, 0.1) is 5.92 Å². The van der Waals surface area contributed by atoms with E-state index in [2.05, 4.69) is 5.32 Å². The Morgan fingerprint density at radius 2 is 1.74 bits per heavy atom. The molecule has 19 heavy (non-hydrogen) atoms. The van der Waals surface area contributed by atoms with Crippen LogP contribution in [-0.4, -0.2) is 27.3 Å². The van der Waals surface area contributed by atoms with Crippen molar-refractivity contribution in [3.8, 4) is 11.5 Å². The average molecular weight is 267 g/mol. The highest BCUT2D eigenvalue weighted by molar-refractivity contribution is 5.73. The maximum Gasteiger partial charge on any atom is 0.320 e. The summed E-state index contributed by atoms with van der Waals surface area (Å²) in [5, 5.41) is 31.6. The molecule has 5 heteroatoms. The van der Waals surface area contributed by atoms with Crippen LogP contribution in [0.2, 0.25) is 0 Å². The molecule has 0 saturated carbocycles. The van der Waals surface area contributed by atoms with Crippen molar-refractivity contribution in [2.24, 2.45) is 5.92 Å². The van der Waals surface area contributed by atoms with Gasteiger partial charge in [-0.2, -0.15) is 0 Å². The van der Waals surface area contributed by atoms with Crippen LogP contribution in [0.15, 0.2) is 18.2 Å². The van der Waals surface area contributed by atoms with Gasteiger partial charge in [0.1, 0.15) is 17.5 Å². The van der Waals surface area contributed by atoms with Crippen LogP contribution in [0.1, 0.15) is 38.8 Å². The van der Waals surface area contributed by atoms with Gasteiger partial charge < -0.3 is 15.3 Å². The number of carboxylic acid groups (broad SMARTS) is 1. The molecule has 0 bridgehead atoms. The summed E-state index contributed by atoms with van der Waals surface area (Å²) in [6.45, 7) is 5.60. The average Bonchev–Trinajstić information content (AvgIpc) is 2.27. The van der Waals surface area contributed by atoms with Crippen LogP contribution < -0.4 is 5.32 Å². The molecule has 2 atom stereocenters. The Morgan fingerprint density at radius 3 is 2.16 bits per heavy atom. The number of rotatable bonds is 6. The molecule has 0 aromatic heterocycles. The number of phenolic OH excluding ortho intramolecular Hbond substituents is 2. The number of carboxylic acids is 1. The highest BCUT2D eigenvalue weighted by Crippen LogP contribution is 2.32. The molecular formula is C14H21NO4. The Hall–Kier alpha value is -1.75. The van der Waals surface area contributed by atoms with Gasteiger partial charge in [-0.15, -0.1) is 0 Å². The minimum atomic E-state index is -0.935. The highest BCUT2D eigenvalue weighted by Gasteiger charge is 2.23. The lowest BCUT2D eigenvalue weighted by molar-refractivity contribution is -0.140. The fourth-order valence-corrected chi connectivity index (χ4v) is 2.08. The molecule has 2 unspecified atom stereocenters. The minimum Gasteiger partial charge on any atom is -0.507 e. The number of carbonyl (C=O) groups is 1. The number of hydrogen-bond donors (Lipinski definition) is 4. The normalized spacial score (nSPS) is 14.3. The zero-order valence-electron chi connectivity index (χ0n) is 11.4. The largest absolute Gasteiger partial charge is 0.507 e. The Bertz CT molecular complexity index is 425. The minimum absolute atomic E-state index is 0.0475. The molecule has 0 fully saturated rings. The van der Waals surface area contributed by atoms with Crippen molar-refractivity contribution >= 4 is 5.97 Å². The summed E-state index contributed by atoms with van der Waals surface area (Å²) in [5.41, 5.74) is 0.317. The van der Waals surface area contributed by atoms with Crippen LogP contribution in [0.5, 0.6) is 11.5 Å². The van der Waals surface area contributed by atoms with Crippen molar-refractivity contribution in [3.63, 3.8) is 0 Å². The second-order valence-electron chi connectivity index (χ2n) is 5.12. The lowest BCUT2D eigenvalue weighted by atomic mass is 10.0. The second-order valence-corrected chi connectivity index (χ2v) is 5.12. The summed E-state index contributed by atoms with van der Waals surface area (Å²) < 4.78 is 0. The molecule has 1 aromatic carbocycles. The maximum absolute atomic E-state index is 11.2. The van der Waals surface area contributed by atoms with Crippen molar-refractivity contribution in [3.05, 3.63) is 23.8 Å². The van der Waals surface area contributed by atoms with Gasteiger partial charge in [0.25, 0.3) is 0 Å². The summed E-state index contributed by atoms with van der Waals surface area (Å²) in [6.07, 6.45) is 0.480. The molecule has 0 aliphatic heterocycles. The van der Waals surface area contributed by atoms with Crippen molar-refractivity contribution in [2.75, 3.05) is 0 Å². The fraction of sp³-hybridized carbons (Fsp3) is 0.500. The van der Waals surface area contributed by atoms with Crippen LogP contribution in [0.3, 0.4) is 0 Å². The third kappa shape index (κ3) is 4.13. The molecule has 0 heterocycles. The number of phenols is 2. The van der Waals surface area contributed by atoms with Crippen LogP contribution >= 0.6 is 0 Å². The van der Waals surface area contributed by atoms with E-state index in [-0.39, 0.29) is 17.4 Å². The molecule has 0 saturated heterocycles. The van der Waals surface area contributed by atoms with E-state index in [9.17, 15) is 15.0 Å². The first-order valence-electron chi connectivity index (χ1n) is 6.32. The zero-order valence-corrected chi connectivity index (χ0v) is 11.4. The van der Waals surface area contributed by atoms with E-state index in [1.54, 1.807) is 6.92 Å². The van der Waals surface area contributed by atoms with Gasteiger partial charge in [-0.05, 0) is 31.4 Å². The lowest BCUT2D eigenvalue weighted by Gasteiger charge is -2.23. The molecule has 106 valence electrons. The van der Waals surface area contributed by atoms with Crippen LogP contribution in [0.25, 0.3) is 0 Å². The van der Waals surface area contributed by atoms with Gasteiger partial charge >= 0.3 is 5.97 Å². The van der Waals surface area contributed by atoms with Crippen molar-refractivity contribution in [1.29, 1.82) is 0 Å². The maximum atomic E-state index is 11.2. The molecule has 0 radical (unpaired) electrons. The molecule has 0 spiro atoms. The fourth-order valence-electron chi connectivity index (χ4n) is 2.08. The zero-order chi connectivity index (χ0) is 14.6. The number of benzene rings is 1. The number of hydrogen-bond acceptors (Lipinski definition) is 4. The van der Waals surface area contributed by atoms with Gasteiger partial charge in [-0.1, -0.05) is 19.9 Å². The van der Waals surface area contributed by atoms with E-state index in [1.165, 1.54) is 18.2 Å². The molecule has 1 aromatic rings. The standard InChI is InChI=1S/C14H21NO4/c1-8(2)7-10(14(18)19)15-9(3)13-11(16)5-4-6-12(13)17/h4-6,8-10,15-17H,7H2,1-3H3,(H,18,19). The van der Waals surface area contributed by atoms with Gasteiger partial charge in [0.05, 0.1) is 5.56 Å². The first-order valence-corrected chi connectivity index (χ1v) is 6.32. The molecule has 1 rings (SSSR count). The Balaban J connectivity index is 2.87. The SMILES string of the molecule is CC(C)CC(NC(C)c1c(O)cccc1O)C(=O)O. The molecular weight excluding hydrogens is 246 g/mol. The monoisotopic (exact) mass is 267 g/mol. The van der Waals surface area contributed by atoms with Gasteiger partial charge in [0.15, 0.2) is 0 Å². The smallest absolute Gasteiger partial charge is 0.320 e. The number of nitrogens with one attached hydrogen (secondary N) is 1. The lowest BCUT2D eigenvalue weighted by Crippen LogP contribution is -2.39. The highest BCUT2D eigenvalue weighted by atomic mass is 16.4. The van der Waals surface area contributed by atoms with E-state index < -0.39 is 18.1 Å². The Labute approximate surface area is 112 Å². The van der Waals surface area contributed by atoms with E-state index in [1.807, 2.05) is 13.8 Å². The van der Waals surface area contributed by atoms with Crippen molar-refractivity contribution in [2.45, 2.75) is 39.3 Å². The molecule has 0 aliphatic rings. The van der Waals surface area contributed by atoms with Gasteiger partial charge in [0, 0.05) is 6.04 Å². The van der Waals surface area contributed by atoms with Gasteiger partial charge in [0.2, 0.25) is 0 Å². The Kier molecular flexibility index (Phi) is 5.18. The van der Waals surface area contributed by atoms with Gasteiger partial charge in [-0.3, -0.25) is 10.1 Å². The third-order valence-corrected chi connectivity index (χ3v) is 2.95. The van der Waals surface area contributed by atoms with E-state index in [0.717, 1.165) is 0 Å². The molecule has 0 amide bonds. The van der Waals surface area contributed by atoms with E-state index in [4.69, 9.17) is 5.11 Å². The second kappa shape index (κ2) is 6.43. The van der Waals surface area contributed by atoms with Gasteiger partial charge in [-0.25, -0.2) is 0 Å². The summed E-state index contributed by atoms with van der Waals surface area (Å²) in [7, 11) is 0. The van der Waals surface area contributed by atoms with E-state index in [0.29, 0.717) is 12.0 Å². The first-order chi connectivity index (χ1) is 8.82. The van der Waals surface area contributed by atoms with Crippen LogP contribution in [-0.2, 0) is 4.79 Å². The molecule has 4 N–H and O–H groups in total. The first kappa shape index (κ1) is 15.3. The third-order valence-electron chi connectivity index (χ3n) is 2.95. The van der Waals surface area contributed by atoms with Crippen molar-refractivity contribution in [1.82, 2.24) is 5.32 Å². The summed E-state index contributed by atoms with van der Waals surface area (Å²) in [4.78, 5) is 11.2. The molecule has 5 nitrogen and oxygen atoms in total. The summed E-state index contributed by atoms with van der Waals surface area (Å²) in [6, 6.07) is 3.29. The van der Waals surface area contributed by atoms with Crippen molar-refractivity contribution < 1.29 is 20.1 Å². The summed E-state index contributed by atoms with van der Waals surface area (Å²) in [5.74, 6) is -0.795. The number of aliphatic carboxylic acids is 1. The predicted molar refractivity (Wildman–Crippen MR) is 72.2 cm³/mol. The van der Waals surface area contributed by atoms with Crippen LogP contribution in [0.4, 0.5) is 0 Å². The van der Waals surface area contributed by atoms with E-state index >= 15 is 0 Å².